The van der Waals surface area contributed by atoms with Crippen LogP contribution in [0.15, 0.2) is 117 Å². The normalized spacial score (nSPS) is 19.7. The summed E-state index contributed by atoms with van der Waals surface area (Å²) in [4.78, 5) is 33.6. The van der Waals surface area contributed by atoms with Crippen molar-refractivity contribution < 1.29 is 36.3 Å². The van der Waals surface area contributed by atoms with Gasteiger partial charge in [0.1, 0.15) is 5.75 Å². The number of morpholine rings is 1. The van der Waals surface area contributed by atoms with E-state index in [1.54, 1.807) is 30.0 Å². The van der Waals surface area contributed by atoms with E-state index in [9.17, 15) is 31.5 Å². The van der Waals surface area contributed by atoms with Gasteiger partial charge in [-0.2, -0.15) is 0 Å². The molecule has 7 rings (SSSR count). The van der Waals surface area contributed by atoms with Crippen LogP contribution in [0.5, 0.6) is 0 Å². The van der Waals surface area contributed by atoms with Crippen molar-refractivity contribution >= 4 is 66.1 Å². The third-order valence-corrected chi connectivity index (χ3v) is 17.1. The molecular formula is C49H58ClN3O8S3. The van der Waals surface area contributed by atoms with Crippen molar-refractivity contribution in [2.45, 2.75) is 53.7 Å². The number of carbonyl (C=O) groups is 2. The molecule has 2 fully saturated rings. The van der Waals surface area contributed by atoms with E-state index in [0.29, 0.717) is 56.0 Å². The number of aliphatic carboxylic acids is 1. The number of piperazine rings is 1. The monoisotopic (exact) mass is 947 g/mol. The van der Waals surface area contributed by atoms with Crippen molar-refractivity contribution in [3.05, 3.63) is 124 Å². The lowest BCUT2D eigenvalue weighted by atomic mass is 9.71. The molecule has 2 heterocycles. The van der Waals surface area contributed by atoms with Crippen LogP contribution in [-0.2, 0) is 35.6 Å². The van der Waals surface area contributed by atoms with Crippen LogP contribution in [0.25, 0.3) is 5.57 Å². The Morgan fingerprint density at radius 3 is 2.20 bits per heavy atom. The first-order chi connectivity index (χ1) is 30.6. The Balaban J connectivity index is 0.983. The van der Waals surface area contributed by atoms with E-state index in [0.717, 1.165) is 86.0 Å². The SMILES string of the molecule is CC1(C(=O)O)CCC(c2ccc(Cl)cc2)=C(CN2CCN(c3ccc(C(=O)CS(=O)(=O)c4ccc(C[C@H](CCN5CCOCC5)CSc5ccccc5)c(S(C)(=O)=O)c4)cc3)CC2)C1. The quantitative estimate of drug-likeness (QED) is 0.0765. The zero-order chi connectivity index (χ0) is 45.5. The number of ketones is 1. The fourth-order valence-electron chi connectivity index (χ4n) is 8.93. The number of anilines is 1. The molecule has 3 aliphatic rings. The van der Waals surface area contributed by atoms with E-state index in [1.807, 2.05) is 61.5 Å². The van der Waals surface area contributed by atoms with Crippen LogP contribution in [0, 0.1) is 11.3 Å². The molecular weight excluding hydrogens is 890 g/mol. The molecule has 342 valence electrons. The van der Waals surface area contributed by atoms with Crippen LogP contribution >= 0.6 is 23.4 Å². The first kappa shape index (κ1) is 47.9. The highest BCUT2D eigenvalue weighted by atomic mass is 35.5. The molecule has 1 aliphatic carbocycles. The number of carboxylic acids is 1. The van der Waals surface area contributed by atoms with E-state index in [-0.39, 0.29) is 21.3 Å². The second-order valence-electron chi connectivity index (χ2n) is 17.6. The maximum absolute atomic E-state index is 13.8. The summed E-state index contributed by atoms with van der Waals surface area (Å²) in [5.41, 5.74) is 4.34. The Morgan fingerprint density at radius 1 is 0.859 bits per heavy atom. The third-order valence-electron chi connectivity index (χ3n) is 12.8. The Morgan fingerprint density at radius 2 is 1.55 bits per heavy atom. The molecule has 15 heteroatoms. The topological polar surface area (TPSA) is 142 Å². The fraction of sp³-hybridized carbons (Fsp3) is 0.429. The average molecular weight is 949 g/mol. The molecule has 64 heavy (non-hydrogen) atoms. The van der Waals surface area contributed by atoms with Gasteiger partial charge in [0, 0.05) is 79.0 Å². The minimum absolute atomic E-state index is 0.0252. The highest BCUT2D eigenvalue weighted by molar-refractivity contribution is 7.99. The number of rotatable bonds is 18. The van der Waals surface area contributed by atoms with E-state index < -0.39 is 42.6 Å². The van der Waals surface area contributed by atoms with E-state index >= 15 is 0 Å². The summed E-state index contributed by atoms with van der Waals surface area (Å²) >= 11 is 7.90. The molecule has 0 spiro atoms. The number of nitrogens with zero attached hydrogens (tertiary/aromatic N) is 3. The predicted molar refractivity (Wildman–Crippen MR) is 255 cm³/mol. The van der Waals surface area contributed by atoms with E-state index in [2.05, 4.69) is 26.8 Å². The largest absolute Gasteiger partial charge is 0.481 e. The van der Waals surface area contributed by atoms with E-state index in [1.165, 1.54) is 17.7 Å². The van der Waals surface area contributed by atoms with E-state index in [4.69, 9.17) is 16.3 Å². The Bertz CT molecular complexity index is 2520. The van der Waals surface area contributed by atoms with Crippen LogP contribution in [-0.4, -0.2) is 127 Å². The number of hydrogen-bond donors (Lipinski definition) is 1. The molecule has 0 aromatic heterocycles. The number of carboxylic acid groups (broad SMARTS) is 1. The van der Waals surface area contributed by atoms with Gasteiger partial charge in [0.05, 0.1) is 28.4 Å². The molecule has 0 radical (unpaired) electrons. The van der Waals surface area contributed by atoms with Gasteiger partial charge in [-0.1, -0.05) is 53.6 Å². The van der Waals surface area contributed by atoms with Crippen molar-refractivity contribution in [2.75, 3.05) is 88.2 Å². The van der Waals surface area contributed by atoms with Gasteiger partial charge in [0.25, 0.3) is 0 Å². The lowest BCUT2D eigenvalue weighted by molar-refractivity contribution is -0.148. The van der Waals surface area contributed by atoms with Crippen LogP contribution in [0.2, 0.25) is 5.02 Å². The fourth-order valence-corrected chi connectivity index (χ4v) is 12.4. The molecule has 0 bridgehead atoms. The van der Waals surface area contributed by atoms with Crippen LogP contribution in [0.1, 0.15) is 54.1 Å². The van der Waals surface area contributed by atoms with Crippen LogP contribution in [0.4, 0.5) is 5.69 Å². The number of benzene rings is 4. The minimum atomic E-state index is -4.19. The number of Topliss-reactive ketones (excluding diaryl/α,β-unsaturated/α-hetero) is 1. The number of halogens is 1. The Labute approximate surface area is 387 Å². The number of ether oxygens (including phenoxy) is 1. The van der Waals surface area contributed by atoms with Gasteiger partial charge >= 0.3 is 5.97 Å². The highest BCUT2D eigenvalue weighted by Gasteiger charge is 2.39. The number of sulfone groups is 2. The molecule has 0 amide bonds. The first-order valence-corrected chi connectivity index (χ1v) is 26.8. The summed E-state index contributed by atoms with van der Waals surface area (Å²) in [7, 11) is -8.00. The smallest absolute Gasteiger partial charge is 0.309 e. The standard InChI is InChI=1S/C49H58ClN3O8S3/c1-49(48(55)56)20-18-45(37-8-13-41(50)14-9-37)40(32-49)33-52-22-24-53(25-23-52)42-15-10-38(11-16-42)46(54)35-64(59,60)44-17-12-39(47(31-44)63(2,57)58)30-36(19-21-51-26-28-61-29-27-51)34-62-43-6-4-3-5-7-43/h3-17,31,36H,18-30,32-35H2,1-2H3,(H,55,56)/t36-,49?/m0/s1. The van der Waals surface area contributed by atoms with Crippen molar-refractivity contribution in [1.82, 2.24) is 9.80 Å². The van der Waals surface area contributed by atoms with Gasteiger partial charge in [-0.05, 0) is 129 Å². The van der Waals surface area contributed by atoms with Crippen LogP contribution in [0.3, 0.4) is 0 Å². The molecule has 11 nitrogen and oxygen atoms in total. The van der Waals surface area contributed by atoms with Crippen molar-refractivity contribution in [2.24, 2.45) is 11.3 Å². The maximum Gasteiger partial charge on any atom is 0.309 e. The molecule has 0 saturated carbocycles. The summed E-state index contributed by atoms with van der Waals surface area (Å²) in [6.07, 6.45) is 4.15. The summed E-state index contributed by atoms with van der Waals surface area (Å²) in [5, 5.41) is 10.7. The zero-order valence-electron chi connectivity index (χ0n) is 36.6. The van der Waals surface area contributed by atoms with Gasteiger partial charge in [-0.3, -0.25) is 19.4 Å². The van der Waals surface area contributed by atoms with Crippen molar-refractivity contribution in [3.63, 3.8) is 0 Å². The van der Waals surface area contributed by atoms with Gasteiger partial charge in [0.15, 0.2) is 25.5 Å². The van der Waals surface area contributed by atoms with Gasteiger partial charge < -0.3 is 14.7 Å². The van der Waals surface area contributed by atoms with Gasteiger partial charge in [0.2, 0.25) is 0 Å². The lowest BCUT2D eigenvalue weighted by Crippen LogP contribution is -2.47. The average Bonchev–Trinajstić information content (AvgIpc) is 3.28. The Hall–Kier alpha value is -4.02. The number of allylic oxidation sites excluding steroid dienone is 1. The number of hydrogen-bond acceptors (Lipinski definition) is 11. The number of thioether (sulfide) groups is 1. The van der Waals surface area contributed by atoms with Gasteiger partial charge in [-0.15, -0.1) is 11.8 Å². The van der Waals surface area contributed by atoms with Crippen LogP contribution < -0.4 is 4.90 Å². The predicted octanol–water partition coefficient (Wildman–Crippen LogP) is 7.92. The first-order valence-electron chi connectivity index (χ1n) is 21.9. The maximum atomic E-state index is 13.8. The van der Waals surface area contributed by atoms with Gasteiger partial charge in [-0.25, -0.2) is 16.8 Å². The second kappa shape index (κ2) is 21.1. The lowest BCUT2D eigenvalue weighted by Gasteiger charge is -2.39. The molecule has 2 aliphatic heterocycles. The minimum Gasteiger partial charge on any atom is -0.481 e. The van der Waals surface area contributed by atoms with Crippen molar-refractivity contribution in [3.8, 4) is 0 Å². The molecule has 4 aromatic rings. The molecule has 2 saturated heterocycles. The molecule has 1 unspecified atom stereocenters. The van der Waals surface area contributed by atoms with Crippen molar-refractivity contribution in [1.29, 1.82) is 0 Å². The highest BCUT2D eigenvalue weighted by Crippen LogP contribution is 2.43. The number of carbonyl (C=O) groups excluding carboxylic acids is 1. The Kier molecular flexibility index (Phi) is 15.8. The second-order valence-corrected chi connectivity index (χ2v) is 23.1. The third kappa shape index (κ3) is 12.4. The molecule has 4 aromatic carbocycles. The summed E-state index contributed by atoms with van der Waals surface area (Å²) in [6, 6.07) is 29.1. The molecule has 1 N–H and O–H groups in total. The molecule has 2 atom stereocenters. The summed E-state index contributed by atoms with van der Waals surface area (Å²) < 4.78 is 59.4. The zero-order valence-corrected chi connectivity index (χ0v) is 39.8. The summed E-state index contributed by atoms with van der Waals surface area (Å²) in [5.74, 6) is -1.26. The summed E-state index contributed by atoms with van der Waals surface area (Å²) in [6.45, 7) is 9.42.